The zero-order valence-electron chi connectivity index (χ0n) is 14.4. The fourth-order valence-electron chi connectivity index (χ4n) is 3.42. The van der Waals surface area contributed by atoms with Crippen molar-refractivity contribution < 1.29 is 0 Å². The summed E-state index contributed by atoms with van der Waals surface area (Å²) in [6.07, 6.45) is 6.57. The summed E-state index contributed by atoms with van der Waals surface area (Å²) >= 11 is 0. The Kier molecular flexibility index (Phi) is 5.10. The lowest BCUT2D eigenvalue weighted by atomic mass is 9.83. The minimum absolute atomic E-state index is 0.270. The van der Waals surface area contributed by atoms with Gasteiger partial charge in [0.05, 0.1) is 0 Å². The van der Waals surface area contributed by atoms with Crippen LogP contribution in [-0.4, -0.2) is 45.4 Å². The van der Waals surface area contributed by atoms with Crippen molar-refractivity contribution in [1.29, 1.82) is 0 Å². The Morgan fingerprint density at radius 1 is 1.24 bits per heavy atom. The highest BCUT2D eigenvalue weighted by Gasteiger charge is 2.42. The Morgan fingerprint density at radius 3 is 2.48 bits per heavy atom. The third kappa shape index (κ3) is 3.32. The number of rotatable bonds is 6. The summed E-state index contributed by atoms with van der Waals surface area (Å²) in [6, 6.07) is 2.14. The van der Waals surface area contributed by atoms with Gasteiger partial charge < -0.3 is 5.32 Å². The van der Waals surface area contributed by atoms with Crippen LogP contribution in [0.15, 0.2) is 12.3 Å². The highest BCUT2D eigenvalue weighted by Crippen LogP contribution is 2.30. The quantitative estimate of drug-likeness (QED) is 0.875. The maximum Gasteiger partial charge on any atom is 0.0492 e. The molecule has 21 heavy (non-hydrogen) atoms. The molecule has 4 heteroatoms. The molecule has 1 aromatic rings. The maximum atomic E-state index is 4.28. The van der Waals surface area contributed by atoms with E-state index < -0.39 is 0 Å². The van der Waals surface area contributed by atoms with Crippen molar-refractivity contribution in [2.24, 2.45) is 7.05 Å². The van der Waals surface area contributed by atoms with Gasteiger partial charge in [-0.2, -0.15) is 5.10 Å². The summed E-state index contributed by atoms with van der Waals surface area (Å²) in [5.74, 6) is 0. The normalized spacial score (nSPS) is 26.1. The summed E-state index contributed by atoms with van der Waals surface area (Å²) in [7, 11) is 2.04. The third-order valence-corrected chi connectivity index (χ3v) is 5.78. The second-order valence-corrected chi connectivity index (χ2v) is 6.81. The highest BCUT2D eigenvalue weighted by molar-refractivity contribution is 5.05. The fourth-order valence-corrected chi connectivity index (χ4v) is 3.42. The van der Waals surface area contributed by atoms with Crippen LogP contribution >= 0.6 is 0 Å². The third-order valence-electron chi connectivity index (χ3n) is 5.78. The number of hydrogen-bond acceptors (Lipinski definition) is 3. The van der Waals surface area contributed by atoms with E-state index in [0.29, 0.717) is 5.54 Å². The molecule has 2 rings (SSSR count). The molecule has 0 radical (unpaired) electrons. The van der Waals surface area contributed by atoms with Crippen LogP contribution in [0.5, 0.6) is 0 Å². The van der Waals surface area contributed by atoms with Gasteiger partial charge in [0, 0.05) is 56.1 Å². The zero-order chi connectivity index (χ0) is 15.5. The molecule has 0 aliphatic carbocycles. The number of nitrogens with one attached hydrogen (secondary N) is 1. The first-order valence-electron chi connectivity index (χ1n) is 8.45. The fraction of sp³-hybridized carbons (Fsp3) is 0.824. The molecule has 0 aromatic carbocycles. The molecule has 1 aromatic heterocycles. The topological polar surface area (TPSA) is 33.1 Å². The lowest BCUT2D eigenvalue weighted by molar-refractivity contribution is 0.00973. The van der Waals surface area contributed by atoms with Crippen LogP contribution in [0.2, 0.25) is 0 Å². The first kappa shape index (κ1) is 16.5. The van der Waals surface area contributed by atoms with Gasteiger partial charge in [-0.25, -0.2) is 0 Å². The molecule has 0 amide bonds. The Balaban J connectivity index is 2.09. The molecule has 1 fully saturated rings. The van der Waals surface area contributed by atoms with E-state index in [1.54, 1.807) is 0 Å². The molecule has 0 bridgehead atoms. The van der Waals surface area contributed by atoms with E-state index in [2.05, 4.69) is 49.1 Å². The van der Waals surface area contributed by atoms with Gasteiger partial charge in [-0.3, -0.25) is 9.58 Å². The predicted octanol–water partition coefficient (Wildman–Crippen LogP) is 2.60. The molecule has 120 valence electrons. The Bertz CT molecular complexity index is 449. The van der Waals surface area contributed by atoms with Crippen LogP contribution in [0, 0.1) is 0 Å². The summed E-state index contributed by atoms with van der Waals surface area (Å²) in [5.41, 5.74) is 1.89. The van der Waals surface area contributed by atoms with E-state index in [1.807, 2.05) is 17.9 Å². The lowest BCUT2D eigenvalue weighted by Crippen LogP contribution is -2.68. The van der Waals surface area contributed by atoms with Crippen LogP contribution in [0.1, 0.15) is 52.7 Å². The Morgan fingerprint density at radius 2 is 1.95 bits per heavy atom. The van der Waals surface area contributed by atoms with Gasteiger partial charge in [0.1, 0.15) is 0 Å². The van der Waals surface area contributed by atoms with Crippen molar-refractivity contribution in [2.45, 2.75) is 64.5 Å². The number of hydrogen-bond donors (Lipinski definition) is 1. The van der Waals surface area contributed by atoms with Crippen molar-refractivity contribution in [3.05, 3.63) is 18.0 Å². The van der Waals surface area contributed by atoms with Gasteiger partial charge in [-0.05, 0) is 32.3 Å². The largest absolute Gasteiger partial charge is 0.308 e. The first-order valence-corrected chi connectivity index (χ1v) is 8.45. The average molecular weight is 292 g/mol. The molecular formula is C17H32N4. The molecule has 1 aliphatic heterocycles. The van der Waals surface area contributed by atoms with Crippen LogP contribution in [-0.2, 0) is 13.5 Å². The summed E-state index contributed by atoms with van der Waals surface area (Å²) in [5, 5.41) is 8.13. The van der Waals surface area contributed by atoms with E-state index in [-0.39, 0.29) is 5.54 Å². The van der Waals surface area contributed by atoms with E-state index in [9.17, 15) is 0 Å². The van der Waals surface area contributed by atoms with Crippen LogP contribution < -0.4 is 5.32 Å². The first-order chi connectivity index (χ1) is 9.98. The van der Waals surface area contributed by atoms with Crippen molar-refractivity contribution >= 4 is 0 Å². The number of nitrogens with zero attached hydrogens (tertiary/aromatic N) is 3. The minimum Gasteiger partial charge on any atom is -0.308 e. The number of aryl methyl sites for hydroxylation is 1. The van der Waals surface area contributed by atoms with Gasteiger partial charge in [-0.1, -0.05) is 20.8 Å². The molecule has 2 heterocycles. The summed E-state index contributed by atoms with van der Waals surface area (Å²) in [6.45, 7) is 12.7. The van der Waals surface area contributed by atoms with Crippen molar-refractivity contribution in [2.75, 3.05) is 19.6 Å². The van der Waals surface area contributed by atoms with Gasteiger partial charge in [0.25, 0.3) is 0 Å². The Hall–Kier alpha value is -0.870. The molecule has 1 atom stereocenters. The van der Waals surface area contributed by atoms with E-state index in [1.165, 1.54) is 25.0 Å². The predicted molar refractivity (Wildman–Crippen MR) is 88.5 cm³/mol. The minimum atomic E-state index is 0.270. The molecule has 4 nitrogen and oxygen atoms in total. The van der Waals surface area contributed by atoms with Gasteiger partial charge in [0.15, 0.2) is 0 Å². The van der Waals surface area contributed by atoms with Gasteiger partial charge in [-0.15, -0.1) is 0 Å². The molecule has 1 N–H and O–H groups in total. The van der Waals surface area contributed by atoms with Crippen LogP contribution in [0.3, 0.4) is 0 Å². The highest BCUT2D eigenvalue weighted by atomic mass is 15.3. The molecule has 1 aliphatic rings. The SMILES string of the molecule is CCC1(CC)CN(CCc2ccnn2C)C(C)(CC)CN1. The Labute approximate surface area is 129 Å². The second kappa shape index (κ2) is 6.49. The van der Waals surface area contributed by atoms with E-state index in [4.69, 9.17) is 0 Å². The summed E-state index contributed by atoms with van der Waals surface area (Å²) < 4.78 is 2.00. The molecule has 0 saturated carbocycles. The van der Waals surface area contributed by atoms with Crippen LogP contribution in [0.25, 0.3) is 0 Å². The molecule has 1 unspecified atom stereocenters. The standard InChI is InChI=1S/C17H32N4/c1-6-16(4)13-18-17(7-2,8-3)14-21(16)12-10-15-9-11-19-20(15)5/h9,11,18H,6-8,10,12-14H2,1-5H3. The number of aromatic nitrogens is 2. The van der Waals surface area contributed by atoms with Gasteiger partial charge in [0.2, 0.25) is 0 Å². The smallest absolute Gasteiger partial charge is 0.0492 e. The zero-order valence-corrected chi connectivity index (χ0v) is 14.4. The number of piperazine rings is 1. The van der Waals surface area contributed by atoms with Crippen molar-refractivity contribution in [3.63, 3.8) is 0 Å². The monoisotopic (exact) mass is 292 g/mol. The maximum absolute atomic E-state index is 4.28. The molecule has 0 spiro atoms. The lowest BCUT2D eigenvalue weighted by Gasteiger charge is -2.53. The average Bonchev–Trinajstić information content (AvgIpc) is 2.92. The van der Waals surface area contributed by atoms with E-state index >= 15 is 0 Å². The second-order valence-electron chi connectivity index (χ2n) is 6.81. The van der Waals surface area contributed by atoms with Crippen molar-refractivity contribution in [3.8, 4) is 0 Å². The molecular weight excluding hydrogens is 260 g/mol. The van der Waals surface area contributed by atoms with Gasteiger partial charge >= 0.3 is 0 Å². The summed E-state index contributed by atoms with van der Waals surface area (Å²) in [4.78, 5) is 2.71. The molecule has 1 saturated heterocycles. The van der Waals surface area contributed by atoms with Crippen molar-refractivity contribution in [1.82, 2.24) is 20.0 Å². The van der Waals surface area contributed by atoms with Crippen LogP contribution in [0.4, 0.5) is 0 Å². The van der Waals surface area contributed by atoms with E-state index in [0.717, 1.165) is 26.1 Å².